The average Bonchev–Trinajstić information content (AvgIpc) is 3.75. The second-order valence-electron chi connectivity index (χ2n) is 16.5. The Morgan fingerprint density at radius 1 is 0.277 bits per heavy atom. The van der Waals surface area contributed by atoms with Crippen LogP contribution < -0.4 is 9.80 Å². The number of anilines is 6. The van der Waals surface area contributed by atoms with Crippen molar-refractivity contribution in [2.24, 2.45) is 0 Å². The van der Waals surface area contributed by atoms with Crippen LogP contribution in [-0.4, -0.2) is 0 Å². The van der Waals surface area contributed by atoms with E-state index in [-0.39, 0.29) is 0 Å². The van der Waals surface area contributed by atoms with Gasteiger partial charge in [0.25, 0.3) is 0 Å². The van der Waals surface area contributed by atoms with Crippen LogP contribution in [0.15, 0.2) is 259 Å². The molecule has 1 aromatic heterocycles. The van der Waals surface area contributed by atoms with E-state index in [0.717, 1.165) is 89.1 Å². The molecule has 65 heavy (non-hydrogen) atoms. The van der Waals surface area contributed by atoms with Crippen molar-refractivity contribution in [3.8, 4) is 33.4 Å². The van der Waals surface area contributed by atoms with Gasteiger partial charge < -0.3 is 14.2 Å². The van der Waals surface area contributed by atoms with Crippen LogP contribution in [0.25, 0.3) is 76.9 Å². The Balaban J connectivity index is 1.17. The van der Waals surface area contributed by atoms with Crippen LogP contribution in [0.3, 0.4) is 0 Å². The SMILES string of the molecule is c1ccc(-c2ccc(N(c3ccccc3)c3ccc4oc5cc6ccccc6cc5c4c3N(c3ccccc3)c3ccc(-c4ccccc4)c(-c4ccc5ccccc5c4)c3)cc2)cc1. The summed E-state index contributed by atoms with van der Waals surface area (Å²) in [5, 5.41) is 6.81. The van der Waals surface area contributed by atoms with Crippen molar-refractivity contribution >= 4 is 77.6 Å². The fourth-order valence-electron chi connectivity index (χ4n) is 9.49. The Morgan fingerprint density at radius 2 is 0.785 bits per heavy atom. The van der Waals surface area contributed by atoms with Crippen molar-refractivity contribution in [1.29, 1.82) is 0 Å². The molecule has 0 unspecified atom stereocenters. The van der Waals surface area contributed by atoms with E-state index in [9.17, 15) is 0 Å². The molecular formula is C62H42N2O. The quantitative estimate of drug-likeness (QED) is 0.144. The monoisotopic (exact) mass is 830 g/mol. The molecule has 11 aromatic carbocycles. The smallest absolute Gasteiger partial charge is 0.137 e. The fourth-order valence-corrected chi connectivity index (χ4v) is 9.49. The van der Waals surface area contributed by atoms with Gasteiger partial charge in [-0.25, -0.2) is 0 Å². The predicted molar refractivity (Wildman–Crippen MR) is 274 cm³/mol. The van der Waals surface area contributed by atoms with Crippen molar-refractivity contribution < 1.29 is 4.42 Å². The molecule has 3 heteroatoms. The molecular weight excluding hydrogens is 789 g/mol. The normalized spacial score (nSPS) is 11.4. The van der Waals surface area contributed by atoms with E-state index in [4.69, 9.17) is 4.42 Å². The third-order valence-electron chi connectivity index (χ3n) is 12.6. The number of benzene rings is 11. The molecule has 0 atom stereocenters. The topological polar surface area (TPSA) is 19.6 Å². The van der Waals surface area contributed by atoms with Gasteiger partial charge in [-0.3, -0.25) is 0 Å². The highest BCUT2D eigenvalue weighted by Gasteiger charge is 2.28. The number of nitrogens with zero attached hydrogens (tertiary/aromatic N) is 2. The van der Waals surface area contributed by atoms with Gasteiger partial charge in [0.2, 0.25) is 0 Å². The third-order valence-corrected chi connectivity index (χ3v) is 12.6. The minimum atomic E-state index is 0.818. The number of furan rings is 1. The van der Waals surface area contributed by atoms with Gasteiger partial charge >= 0.3 is 0 Å². The van der Waals surface area contributed by atoms with Gasteiger partial charge in [0.1, 0.15) is 11.2 Å². The number of fused-ring (bicyclic) bond motifs is 5. The van der Waals surface area contributed by atoms with Crippen molar-refractivity contribution in [2.45, 2.75) is 0 Å². The fraction of sp³-hybridized carbons (Fsp3) is 0. The van der Waals surface area contributed by atoms with Gasteiger partial charge in [-0.2, -0.15) is 0 Å². The Labute approximate surface area is 378 Å². The van der Waals surface area contributed by atoms with Gasteiger partial charge in [-0.1, -0.05) is 176 Å². The second kappa shape index (κ2) is 16.2. The molecule has 0 saturated carbocycles. The van der Waals surface area contributed by atoms with Crippen LogP contribution in [0, 0.1) is 0 Å². The molecule has 12 aromatic rings. The summed E-state index contributed by atoms with van der Waals surface area (Å²) in [6.07, 6.45) is 0. The maximum atomic E-state index is 6.90. The van der Waals surface area contributed by atoms with Gasteiger partial charge in [-0.05, 0) is 134 Å². The molecule has 0 saturated heterocycles. The summed E-state index contributed by atoms with van der Waals surface area (Å²) < 4.78 is 6.90. The first-order valence-electron chi connectivity index (χ1n) is 22.2. The third kappa shape index (κ3) is 6.97. The van der Waals surface area contributed by atoms with Gasteiger partial charge in [0, 0.05) is 28.1 Å². The van der Waals surface area contributed by atoms with E-state index in [2.05, 4.69) is 265 Å². The highest BCUT2D eigenvalue weighted by atomic mass is 16.3. The molecule has 0 aliphatic carbocycles. The number of rotatable bonds is 9. The Morgan fingerprint density at radius 3 is 1.46 bits per heavy atom. The summed E-state index contributed by atoms with van der Waals surface area (Å²) in [6.45, 7) is 0. The average molecular weight is 831 g/mol. The lowest BCUT2D eigenvalue weighted by Gasteiger charge is -2.34. The van der Waals surface area contributed by atoms with E-state index < -0.39 is 0 Å². The Hall–Kier alpha value is -8.66. The highest BCUT2D eigenvalue weighted by molar-refractivity contribution is 6.20. The number of para-hydroxylation sites is 2. The molecule has 0 aliphatic rings. The highest BCUT2D eigenvalue weighted by Crippen LogP contribution is 2.52. The number of hydrogen-bond acceptors (Lipinski definition) is 3. The maximum absolute atomic E-state index is 6.90. The van der Waals surface area contributed by atoms with Crippen molar-refractivity contribution in [3.05, 3.63) is 255 Å². The largest absolute Gasteiger partial charge is 0.456 e. The van der Waals surface area contributed by atoms with Crippen LogP contribution in [0.1, 0.15) is 0 Å². The summed E-state index contributed by atoms with van der Waals surface area (Å²) in [5.74, 6) is 0. The van der Waals surface area contributed by atoms with Crippen LogP contribution >= 0.6 is 0 Å². The van der Waals surface area contributed by atoms with Crippen LogP contribution in [0.4, 0.5) is 34.1 Å². The summed E-state index contributed by atoms with van der Waals surface area (Å²) in [7, 11) is 0. The van der Waals surface area contributed by atoms with Gasteiger partial charge in [0.15, 0.2) is 0 Å². The summed E-state index contributed by atoms with van der Waals surface area (Å²) in [4.78, 5) is 4.83. The zero-order valence-electron chi connectivity index (χ0n) is 35.6. The Bertz CT molecular complexity index is 3640. The standard InChI is InChI=1S/C62H42N2O/c1-5-17-43(18-6-1)45-31-33-53(34-32-45)63(51-25-9-3-10-26-51)58-37-38-59-61(57-40-48-23-15-16-24-49(48)41-60(57)65-59)62(58)64(52-27-11-4-12-28-52)54-35-36-55(46-20-7-2-8-21-46)56(42-54)50-30-29-44-19-13-14-22-47(44)39-50/h1-42H. The zero-order valence-corrected chi connectivity index (χ0v) is 35.6. The van der Waals surface area contributed by atoms with Crippen LogP contribution in [0.2, 0.25) is 0 Å². The van der Waals surface area contributed by atoms with Crippen LogP contribution in [0.5, 0.6) is 0 Å². The molecule has 0 radical (unpaired) electrons. The molecule has 3 nitrogen and oxygen atoms in total. The van der Waals surface area contributed by atoms with E-state index in [1.807, 2.05) is 0 Å². The lowest BCUT2D eigenvalue weighted by atomic mass is 9.92. The molecule has 1 heterocycles. The minimum Gasteiger partial charge on any atom is -0.456 e. The van der Waals surface area contributed by atoms with Crippen molar-refractivity contribution in [2.75, 3.05) is 9.80 Å². The Kier molecular flexibility index (Phi) is 9.50. The molecule has 0 spiro atoms. The van der Waals surface area contributed by atoms with E-state index in [0.29, 0.717) is 0 Å². The number of hydrogen-bond donors (Lipinski definition) is 0. The van der Waals surface area contributed by atoms with Crippen molar-refractivity contribution in [1.82, 2.24) is 0 Å². The van der Waals surface area contributed by atoms with Crippen LogP contribution in [-0.2, 0) is 0 Å². The molecule has 306 valence electrons. The first-order valence-corrected chi connectivity index (χ1v) is 22.2. The molecule has 0 bridgehead atoms. The maximum Gasteiger partial charge on any atom is 0.137 e. The lowest BCUT2D eigenvalue weighted by molar-refractivity contribution is 0.669. The first kappa shape index (κ1) is 38.0. The molecule has 0 fully saturated rings. The molecule has 0 aliphatic heterocycles. The minimum absolute atomic E-state index is 0.818. The van der Waals surface area contributed by atoms with Gasteiger partial charge in [-0.15, -0.1) is 0 Å². The molecule has 12 rings (SSSR count). The summed E-state index contributed by atoms with van der Waals surface area (Å²) in [6, 6.07) is 91.5. The first-order chi connectivity index (χ1) is 32.2. The lowest BCUT2D eigenvalue weighted by Crippen LogP contribution is -2.17. The molecule has 0 amide bonds. The predicted octanol–water partition coefficient (Wildman–Crippen LogP) is 17.8. The molecule has 0 N–H and O–H groups in total. The van der Waals surface area contributed by atoms with E-state index in [1.165, 1.54) is 21.9 Å². The van der Waals surface area contributed by atoms with Gasteiger partial charge in [0.05, 0.1) is 16.8 Å². The van der Waals surface area contributed by atoms with Crippen molar-refractivity contribution in [3.63, 3.8) is 0 Å². The summed E-state index contributed by atoms with van der Waals surface area (Å²) >= 11 is 0. The second-order valence-corrected chi connectivity index (χ2v) is 16.5. The van der Waals surface area contributed by atoms with E-state index in [1.54, 1.807) is 0 Å². The summed E-state index contributed by atoms with van der Waals surface area (Å²) in [5.41, 5.74) is 14.8. The van der Waals surface area contributed by atoms with E-state index >= 15 is 0 Å². The zero-order chi connectivity index (χ0) is 43.1.